The van der Waals surface area contributed by atoms with Crippen molar-refractivity contribution in [1.29, 1.82) is 0 Å². The number of nitrogens with one attached hydrogen (secondary N) is 1. The van der Waals surface area contributed by atoms with Crippen molar-refractivity contribution < 1.29 is 0 Å². The van der Waals surface area contributed by atoms with E-state index in [1.807, 2.05) is 24.3 Å². The van der Waals surface area contributed by atoms with E-state index >= 15 is 0 Å². The molecule has 66 valence electrons. The molecule has 0 aliphatic heterocycles. The van der Waals surface area contributed by atoms with Gasteiger partial charge in [-0.15, -0.1) is 0 Å². The van der Waals surface area contributed by atoms with Crippen LogP contribution in [0.25, 0.3) is 10.8 Å². The van der Waals surface area contributed by atoms with Crippen LogP contribution >= 0.6 is 0 Å². The maximum atomic E-state index is 5.40. The minimum Gasteiger partial charge on any atom is -0.357 e. The predicted molar refractivity (Wildman–Crippen MR) is 54.4 cm³/mol. The number of nitrogens with two attached hydrogens (primary N) is 1. The Morgan fingerprint density at radius 2 is 2.08 bits per heavy atom. The fraction of sp³-hybridized carbons (Fsp3) is 0.100. The third kappa shape index (κ3) is 1.46. The number of pyridine rings is 1. The van der Waals surface area contributed by atoms with Crippen molar-refractivity contribution in [3.05, 3.63) is 36.5 Å². The van der Waals surface area contributed by atoms with Crippen LogP contribution < -0.4 is 11.1 Å². The smallest absolute Gasteiger partial charge is 0.134 e. The lowest BCUT2D eigenvalue weighted by Gasteiger charge is -2.05. The van der Waals surface area contributed by atoms with Crippen molar-refractivity contribution in [1.82, 2.24) is 4.98 Å². The molecule has 1 aromatic carbocycles. The van der Waals surface area contributed by atoms with Gasteiger partial charge >= 0.3 is 0 Å². The summed E-state index contributed by atoms with van der Waals surface area (Å²) in [6.07, 6.45) is 1.78. The number of aromatic nitrogens is 1. The first-order chi connectivity index (χ1) is 6.42. The van der Waals surface area contributed by atoms with Crippen molar-refractivity contribution in [2.45, 2.75) is 0 Å². The summed E-state index contributed by atoms with van der Waals surface area (Å²) < 4.78 is 0. The average molecular weight is 173 g/mol. The number of benzene rings is 1. The van der Waals surface area contributed by atoms with Crippen molar-refractivity contribution in [3.63, 3.8) is 0 Å². The zero-order valence-electron chi connectivity index (χ0n) is 7.20. The van der Waals surface area contributed by atoms with Gasteiger partial charge in [-0.1, -0.05) is 24.3 Å². The Kier molecular flexibility index (Phi) is 2.10. The first kappa shape index (κ1) is 8.01. The van der Waals surface area contributed by atoms with E-state index in [1.165, 1.54) is 5.39 Å². The zero-order valence-corrected chi connectivity index (χ0v) is 7.20. The lowest BCUT2D eigenvalue weighted by molar-refractivity contribution is 1.12. The molecule has 1 heterocycles. The average Bonchev–Trinajstić information content (AvgIpc) is 2.19. The maximum Gasteiger partial charge on any atom is 0.134 e. The van der Waals surface area contributed by atoms with Crippen molar-refractivity contribution in [2.75, 3.05) is 12.0 Å². The summed E-state index contributed by atoms with van der Waals surface area (Å²) >= 11 is 0. The van der Waals surface area contributed by atoms with E-state index in [0.717, 1.165) is 11.2 Å². The quantitative estimate of drug-likeness (QED) is 0.677. The third-order valence-electron chi connectivity index (χ3n) is 1.94. The first-order valence-corrected chi connectivity index (χ1v) is 4.19. The van der Waals surface area contributed by atoms with Crippen molar-refractivity contribution in [2.24, 2.45) is 5.73 Å². The molecule has 0 aliphatic carbocycles. The molecule has 2 aromatic rings. The van der Waals surface area contributed by atoms with Crippen molar-refractivity contribution in [3.8, 4) is 0 Å². The molecule has 0 aliphatic rings. The van der Waals surface area contributed by atoms with Gasteiger partial charge in [0.05, 0.1) is 6.67 Å². The second-order valence-electron chi connectivity index (χ2n) is 2.76. The Hall–Kier alpha value is -1.61. The highest BCUT2D eigenvalue weighted by Gasteiger charge is 1.98. The third-order valence-corrected chi connectivity index (χ3v) is 1.94. The number of fused-ring (bicyclic) bond motifs is 1. The minimum absolute atomic E-state index is 0.404. The van der Waals surface area contributed by atoms with Crippen LogP contribution in [0.3, 0.4) is 0 Å². The highest BCUT2D eigenvalue weighted by atomic mass is 15.0. The van der Waals surface area contributed by atoms with Crippen LogP contribution in [0.2, 0.25) is 0 Å². The highest BCUT2D eigenvalue weighted by Crippen LogP contribution is 2.19. The molecule has 0 atom stereocenters. The Morgan fingerprint density at radius 3 is 2.92 bits per heavy atom. The predicted octanol–water partition coefficient (Wildman–Crippen LogP) is 1.56. The van der Waals surface area contributed by atoms with E-state index in [0.29, 0.717) is 6.67 Å². The summed E-state index contributed by atoms with van der Waals surface area (Å²) in [4.78, 5) is 4.21. The molecule has 0 bridgehead atoms. The van der Waals surface area contributed by atoms with Crippen LogP contribution in [0.15, 0.2) is 36.5 Å². The Bertz CT molecular complexity index is 406. The van der Waals surface area contributed by atoms with E-state index in [1.54, 1.807) is 6.20 Å². The zero-order chi connectivity index (χ0) is 9.10. The van der Waals surface area contributed by atoms with Crippen molar-refractivity contribution >= 4 is 16.6 Å². The van der Waals surface area contributed by atoms with Gasteiger partial charge < -0.3 is 11.1 Å². The minimum atomic E-state index is 0.404. The summed E-state index contributed by atoms with van der Waals surface area (Å²) in [6.45, 7) is 0.404. The van der Waals surface area contributed by atoms with Crippen LogP contribution in [0.1, 0.15) is 0 Å². The van der Waals surface area contributed by atoms with Gasteiger partial charge in [0.25, 0.3) is 0 Å². The number of hydrogen-bond acceptors (Lipinski definition) is 3. The first-order valence-electron chi connectivity index (χ1n) is 4.19. The molecule has 0 spiro atoms. The van der Waals surface area contributed by atoms with Gasteiger partial charge in [0.1, 0.15) is 5.82 Å². The monoisotopic (exact) mass is 173 g/mol. The van der Waals surface area contributed by atoms with Gasteiger partial charge in [0.2, 0.25) is 0 Å². The number of rotatable bonds is 2. The van der Waals surface area contributed by atoms with E-state index < -0.39 is 0 Å². The van der Waals surface area contributed by atoms with Crippen LogP contribution in [-0.2, 0) is 0 Å². The summed E-state index contributed by atoms with van der Waals surface area (Å²) in [6, 6.07) is 10.1. The molecule has 1 aromatic heterocycles. The van der Waals surface area contributed by atoms with Gasteiger partial charge in [-0.05, 0) is 11.5 Å². The second kappa shape index (κ2) is 3.41. The summed E-state index contributed by atoms with van der Waals surface area (Å²) in [5.74, 6) is 0.848. The van der Waals surface area contributed by atoms with E-state index in [4.69, 9.17) is 5.73 Å². The van der Waals surface area contributed by atoms with Crippen LogP contribution in [-0.4, -0.2) is 11.7 Å². The van der Waals surface area contributed by atoms with Gasteiger partial charge in [-0.2, -0.15) is 0 Å². The lowest BCUT2D eigenvalue weighted by atomic mass is 10.2. The number of nitrogens with zero attached hydrogens (tertiary/aromatic N) is 1. The molecular formula is C10H11N3. The maximum absolute atomic E-state index is 5.40. The molecule has 0 unspecified atom stereocenters. The SMILES string of the molecule is NCNc1nccc2ccccc12. The molecular weight excluding hydrogens is 162 g/mol. The van der Waals surface area contributed by atoms with Gasteiger partial charge in [0, 0.05) is 11.6 Å². The molecule has 0 radical (unpaired) electrons. The summed E-state index contributed by atoms with van der Waals surface area (Å²) in [5, 5.41) is 5.30. The molecule has 0 amide bonds. The molecule has 3 nitrogen and oxygen atoms in total. The van der Waals surface area contributed by atoms with Crippen LogP contribution in [0, 0.1) is 0 Å². The molecule has 3 N–H and O–H groups in total. The molecule has 13 heavy (non-hydrogen) atoms. The van der Waals surface area contributed by atoms with Gasteiger partial charge in [-0.25, -0.2) is 4.98 Å². The standard InChI is InChI=1S/C10H11N3/c11-7-13-10-9-4-2-1-3-8(9)5-6-12-10/h1-6H,7,11H2,(H,12,13). The summed E-state index contributed by atoms with van der Waals surface area (Å²) in [5.41, 5.74) is 5.40. The Morgan fingerprint density at radius 1 is 1.23 bits per heavy atom. The summed E-state index contributed by atoms with van der Waals surface area (Å²) in [7, 11) is 0. The van der Waals surface area contributed by atoms with Crippen LogP contribution in [0.4, 0.5) is 5.82 Å². The number of hydrogen-bond donors (Lipinski definition) is 2. The fourth-order valence-electron chi connectivity index (χ4n) is 1.36. The van der Waals surface area contributed by atoms with E-state index in [-0.39, 0.29) is 0 Å². The van der Waals surface area contributed by atoms with Gasteiger partial charge in [-0.3, -0.25) is 0 Å². The lowest BCUT2D eigenvalue weighted by Crippen LogP contribution is -2.11. The van der Waals surface area contributed by atoms with E-state index in [9.17, 15) is 0 Å². The highest BCUT2D eigenvalue weighted by molar-refractivity contribution is 5.91. The Labute approximate surface area is 76.6 Å². The molecule has 3 heteroatoms. The second-order valence-corrected chi connectivity index (χ2v) is 2.76. The van der Waals surface area contributed by atoms with E-state index in [2.05, 4.69) is 16.4 Å². The van der Waals surface area contributed by atoms with Gasteiger partial charge in [0.15, 0.2) is 0 Å². The molecule has 0 saturated carbocycles. The molecule has 0 fully saturated rings. The molecule has 2 rings (SSSR count). The van der Waals surface area contributed by atoms with Crippen LogP contribution in [0.5, 0.6) is 0 Å². The largest absolute Gasteiger partial charge is 0.357 e. The fourth-order valence-corrected chi connectivity index (χ4v) is 1.36. The normalized spacial score (nSPS) is 10.2. The topological polar surface area (TPSA) is 50.9 Å². The number of anilines is 1. The Balaban J connectivity index is 2.61. The molecule has 0 saturated heterocycles.